The predicted molar refractivity (Wildman–Crippen MR) is 73.1 cm³/mol. The van der Waals surface area contributed by atoms with Gasteiger partial charge in [-0.3, -0.25) is 4.79 Å². The summed E-state index contributed by atoms with van der Waals surface area (Å²) >= 11 is 0. The fourth-order valence-corrected chi connectivity index (χ4v) is 3.36. The van der Waals surface area contributed by atoms with Crippen molar-refractivity contribution in [2.75, 3.05) is 39.0 Å². The van der Waals surface area contributed by atoms with Crippen molar-refractivity contribution < 1.29 is 13.2 Å². The second kappa shape index (κ2) is 6.19. The van der Waals surface area contributed by atoms with Crippen LogP contribution in [0.5, 0.6) is 0 Å². The maximum absolute atomic E-state index is 12.3. The summed E-state index contributed by atoms with van der Waals surface area (Å²) in [6.07, 6.45) is 4.03. The summed E-state index contributed by atoms with van der Waals surface area (Å²) < 4.78 is 24.7. The van der Waals surface area contributed by atoms with E-state index in [0.29, 0.717) is 13.1 Å². The number of piperidine rings is 1. The van der Waals surface area contributed by atoms with E-state index in [-0.39, 0.29) is 17.7 Å². The monoisotopic (exact) mass is 289 g/mol. The summed E-state index contributed by atoms with van der Waals surface area (Å²) in [5.41, 5.74) is 0. The number of hydrogen-bond donors (Lipinski definition) is 2. The number of likely N-dealkylation sites (tertiary alicyclic amines) is 1. The van der Waals surface area contributed by atoms with Gasteiger partial charge in [-0.25, -0.2) is 13.1 Å². The first-order valence-corrected chi connectivity index (χ1v) is 8.79. The van der Waals surface area contributed by atoms with Crippen LogP contribution in [0, 0.1) is 11.8 Å². The molecule has 6 nitrogen and oxygen atoms in total. The highest BCUT2D eigenvalue weighted by Gasteiger charge is 2.30. The Morgan fingerprint density at radius 2 is 2.21 bits per heavy atom. The van der Waals surface area contributed by atoms with E-state index in [0.717, 1.165) is 38.9 Å². The van der Waals surface area contributed by atoms with E-state index in [1.807, 2.05) is 4.90 Å². The highest BCUT2D eigenvalue weighted by Crippen LogP contribution is 2.20. The van der Waals surface area contributed by atoms with Crippen LogP contribution < -0.4 is 10.0 Å². The fraction of sp³-hybridized carbons (Fsp3) is 0.917. The average molecular weight is 289 g/mol. The van der Waals surface area contributed by atoms with E-state index < -0.39 is 10.0 Å². The SMILES string of the molecule is CS(=O)(=O)NCC1CCCN(C(=O)C2CCNC2)C1. The molecule has 1 amide bonds. The molecule has 0 spiro atoms. The van der Waals surface area contributed by atoms with Crippen LogP contribution >= 0.6 is 0 Å². The van der Waals surface area contributed by atoms with Gasteiger partial charge in [0.15, 0.2) is 0 Å². The van der Waals surface area contributed by atoms with Crippen LogP contribution in [0.25, 0.3) is 0 Å². The molecule has 2 rings (SSSR count). The highest BCUT2D eigenvalue weighted by molar-refractivity contribution is 7.88. The molecule has 2 N–H and O–H groups in total. The Bertz CT molecular complexity index is 418. The van der Waals surface area contributed by atoms with Crippen molar-refractivity contribution in [1.29, 1.82) is 0 Å². The molecule has 0 bridgehead atoms. The molecule has 0 aromatic carbocycles. The molecular weight excluding hydrogens is 266 g/mol. The Balaban J connectivity index is 1.84. The molecule has 2 unspecified atom stereocenters. The maximum Gasteiger partial charge on any atom is 0.227 e. The predicted octanol–water partition coefficient (Wildman–Crippen LogP) is -0.616. The third-order valence-corrected chi connectivity index (χ3v) is 4.57. The molecule has 2 saturated heterocycles. The lowest BCUT2D eigenvalue weighted by Gasteiger charge is -2.34. The number of carbonyl (C=O) groups is 1. The quantitative estimate of drug-likeness (QED) is 0.723. The highest BCUT2D eigenvalue weighted by atomic mass is 32.2. The van der Waals surface area contributed by atoms with Gasteiger partial charge in [0.25, 0.3) is 0 Å². The van der Waals surface area contributed by atoms with Crippen molar-refractivity contribution in [1.82, 2.24) is 14.9 Å². The Labute approximate surface area is 115 Å². The zero-order valence-corrected chi connectivity index (χ0v) is 12.2. The van der Waals surface area contributed by atoms with Gasteiger partial charge in [0.05, 0.1) is 12.2 Å². The number of hydrogen-bond acceptors (Lipinski definition) is 4. The van der Waals surface area contributed by atoms with Crippen LogP contribution in [0.1, 0.15) is 19.3 Å². The molecule has 2 fully saturated rings. The fourth-order valence-electron chi connectivity index (χ4n) is 2.82. The molecular formula is C12H23N3O3S. The van der Waals surface area contributed by atoms with Gasteiger partial charge in [-0.15, -0.1) is 0 Å². The summed E-state index contributed by atoms with van der Waals surface area (Å²) in [6, 6.07) is 0. The normalized spacial score (nSPS) is 28.6. The third-order valence-electron chi connectivity index (χ3n) is 3.87. The minimum atomic E-state index is -3.14. The number of nitrogens with one attached hydrogen (secondary N) is 2. The van der Waals surface area contributed by atoms with Gasteiger partial charge in [0.2, 0.25) is 15.9 Å². The lowest BCUT2D eigenvalue weighted by Crippen LogP contribution is -2.46. The van der Waals surface area contributed by atoms with E-state index in [1.165, 1.54) is 6.26 Å². The van der Waals surface area contributed by atoms with Gasteiger partial charge < -0.3 is 10.2 Å². The standard InChI is InChI=1S/C12H23N3O3S/c1-19(17,18)14-7-10-3-2-6-15(9-10)12(16)11-4-5-13-8-11/h10-11,13-14H,2-9H2,1H3. The molecule has 2 heterocycles. The third kappa shape index (κ3) is 4.43. The zero-order valence-electron chi connectivity index (χ0n) is 11.4. The topological polar surface area (TPSA) is 78.5 Å². The van der Waals surface area contributed by atoms with Gasteiger partial charge in [0, 0.05) is 26.2 Å². The lowest BCUT2D eigenvalue weighted by atomic mass is 9.96. The molecule has 0 saturated carbocycles. The van der Waals surface area contributed by atoms with E-state index >= 15 is 0 Å². The first-order valence-electron chi connectivity index (χ1n) is 6.90. The minimum absolute atomic E-state index is 0.113. The number of sulfonamides is 1. The number of carbonyl (C=O) groups excluding carboxylic acids is 1. The molecule has 2 aliphatic rings. The van der Waals surface area contributed by atoms with Gasteiger partial charge in [-0.1, -0.05) is 0 Å². The Hall–Kier alpha value is -0.660. The van der Waals surface area contributed by atoms with Crippen LogP contribution in [-0.4, -0.2) is 58.2 Å². The number of rotatable bonds is 4. The van der Waals surface area contributed by atoms with Crippen LogP contribution in [-0.2, 0) is 14.8 Å². The van der Waals surface area contributed by atoms with Crippen LogP contribution in [0.2, 0.25) is 0 Å². The Morgan fingerprint density at radius 3 is 2.84 bits per heavy atom. The second-order valence-corrected chi connectivity index (χ2v) is 7.44. The van der Waals surface area contributed by atoms with E-state index in [9.17, 15) is 13.2 Å². The first kappa shape index (κ1) is 14.7. The smallest absolute Gasteiger partial charge is 0.227 e. The molecule has 0 aromatic rings. The summed E-state index contributed by atoms with van der Waals surface area (Å²) in [6.45, 7) is 3.62. The lowest BCUT2D eigenvalue weighted by molar-refractivity contribution is -0.136. The summed E-state index contributed by atoms with van der Waals surface area (Å²) in [4.78, 5) is 14.2. The molecule has 7 heteroatoms. The molecule has 110 valence electrons. The van der Waals surface area contributed by atoms with Gasteiger partial charge in [-0.2, -0.15) is 0 Å². The van der Waals surface area contributed by atoms with E-state index in [4.69, 9.17) is 0 Å². The zero-order chi connectivity index (χ0) is 13.9. The molecule has 0 aliphatic carbocycles. The molecule has 2 atom stereocenters. The minimum Gasteiger partial charge on any atom is -0.342 e. The molecule has 0 radical (unpaired) electrons. The second-order valence-electron chi connectivity index (χ2n) is 5.60. The van der Waals surface area contributed by atoms with Crippen molar-refractivity contribution in [3.63, 3.8) is 0 Å². The average Bonchev–Trinajstić information content (AvgIpc) is 2.89. The van der Waals surface area contributed by atoms with Gasteiger partial charge >= 0.3 is 0 Å². The Morgan fingerprint density at radius 1 is 1.42 bits per heavy atom. The van der Waals surface area contributed by atoms with Crippen LogP contribution in [0.4, 0.5) is 0 Å². The molecule has 2 aliphatic heterocycles. The summed E-state index contributed by atoms with van der Waals surface area (Å²) in [7, 11) is -3.14. The van der Waals surface area contributed by atoms with E-state index in [2.05, 4.69) is 10.0 Å². The number of amides is 1. The van der Waals surface area contributed by atoms with E-state index in [1.54, 1.807) is 0 Å². The van der Waals surface area contributed by atoms with Crippen molar-refractivity contribution in [2.24, 2.45) is 11.8 Å². The molecule has 0 aromatic heterocycles. The number of nitrogens with zero attached hydrogens (tertiary/aromatic N) is 1. The Kier molecular flexibility index (Phi) is 4.81. The van der Waals surface area contributed by atoms with Crippen molar-refractivity contribution >= 4 is 15.9 Å². The van der Waals surface area contributed by atoms with Crippen molar-refractivity contribution in [2.45, 2.75) is 19.3 Å². The molecule has 19 heavy (non-hydrogen) atoms. The largest absolute Gasteiger partial charge is 0.342 e. The van der Waals surface area contributed by atoms with Gasteiger partial charge in [0.1, 0.15) is 0 Å². The van der Waals surface area contributed by atoms with Crippen LogP contribution in [0.15, 0.2) is 0 Å². The summed E-state index contributed by atoms with van der Waals surface area (Å²) in [5, 5.41) is 3.21. The first-order chi connectivity index (χ1) is 8.96. The summed E-state index contributed by atoms with van der Waals surface area (Å²) in [5.74, 6) is 0.581. The maximum atomic E-state index is 12.3. The van der Waals surface area contributed by atoms with Crippen molar-refractivity contribution in [3.05, 3.63) is 0 Å². The van der Waals surface area contributed by atoms with Gasteiger partial charge in [-0.05, 0) is 31.7 Å². The van der Waals surface area contributed by atoms with Crippen LogP contribution in [0.3, 0.4) is 0 Å². The van der Waals surface area contributed by atoms with Crippen molar-refractivity contribution in [3.8, 4) is 0 Å².